The Hall–Kier alpha value is -1.61. The van der Waals surface area contributed by atoms with E-state index >= 15 is 0 Å². The molecule has 0 heterocycles. The van der Waals surface area contributed by atoms with E-state index in [0.29, 0.717) is 0 Å². The zero-order valence-electron chi connectivity index (χ0n) is 8.15. The summed E-state index contributed by atoms with van der Waals surface area (Å²) in [5.41, 5.74) is 0. The van der Waals surface area contributed by atoms with Gasteiger partial charge in [0, 0.05) is 5.38 Å². The molecule has 0 saturated carbocycles. The van der Waals surface area contributed by atoms with Crippen molar-refractivity contribution in [3.63, 3.8) is 0 Å². The predicted octanol–water partition coefficient (Wildman–Crippen LogP) is 3.30. The molecule has 0 saturated heterocycles. The molecule has 0 amide bonds. The van der Waals surface area contributed by atoms with Crippen molar-refractivity contribution in [3.8, 4) is 22.8 Å². The van der Waals surface area contributed by atoms with Crippen LogP contribution in [0.4, 0.5) is 17.6 Å². The fraction of sp³-hybridized carbons (Fsp3) is 0.200. The molecule has 17 heavy (non-hydrogen) atoms. The molecule has 1 aromatic carbocycles. The number of ether oxygens (including phenoxy) is 2. The Morgan fingerprint density at radius 2 is 1.88 bits per heavy atom. The van der Waals surface area contributed by atoms with E-state index in [4.69, 9.17) is 16.3 Å². The van der Waals surface area contributed by atoms with E-state index in [-0.39, 0.29) is 6.61 Å². The summed E-state index contributed by atoms with van der Waals surface area (Å²) in [6.07, 6.45) is -4.96. The van der Waals surface area contributed by atoms with E-state index in [1.165, 1.54) is 0 Å². The third kappa shape index (κ3) is 4.41. The topological polar surface area (TPSA) is 18.5 Å². The minimum atomic E-state index is -4.96. The van der Waals surface area contributed by atoms with Crippen molar-refractivity contribution in [3.05, 3.63) is 24.0 Å². The quantitative estimate of drug-likeness (QED) is 0.618. The summed E-state index contributed by atoms with van der Waals surface area (Å²) in [4.78, 5) is 0. The van der Waals surface area contributed by atoms with Crippen LogP contribution in [-0.4, -0.2) is 13.0 Å². The second kappa shape index (κ2) is 5.64. The van der Waals surface area contributed by atoms with E-state index in [9.17, 15) is 17.6 Å². The summed E-state index contributed by atoms with van der Waals surface area (Å²) in [5.74, 6) is -0.355. The van der Waals surface area contributed by atoms with Gasteiger partial charge < -0.3 is 9.47 Å². The van der Waals surface area contributed by atoms with Gasteiger partial charge in [-0.25, -0.2) is 0 Å². The zero-order chi connectivity index (χ0) is 12.9. The second-order valence-corrected chi connectivity index (χ2v) is 2.86. The van der Waals surface area contributed by atoms with Crippen LogP contribution >= 0.6 is 11.6 Å². The molecule has 0 spiro atoms. The molecule has 0 atom stereocenters. The van der Waals surface area contributed by atoms with Crippen molar-refractivity contribution in [2.45, 2.75) is 6.36 Å². The highest BCUT2D eigenvalue weighted by molar-refractivity contribution is 6.30. The zero-order valence-corrected chi connectivity index (χ0v) is 8.90. The van der Waals surface area contributed by atoms with Gasteiger partial charge in [-0.05, 0) is 29.7 Å². The predicted molar refractivity (Wildman–Crippen MR) is 52.2 cm³/mol. The SMILES string of the molecule is Fc1c(OCC#CCl)cccc1OC(F)(F)F. The van der Waals surface area contributed by atoms with Crippen LogP contribution in [-0.2, 0) is 0 Å². The first kappa shape index (κ1) is 13.5. The van der Waals surface area contributed by atoms with Gasteiger partial charge in [0.25, 0.3) is 0 Å². The average Bonchev–Trinajstić information content (AvgIpc) is 2.22. The Labute approximate surface area is 99.1 Å². The summed E-state index contributed by atoms with van der Waals surface area (Å²) in [6.45, 7) is -0.240. The molecule has 0 bridgehead atoms. The lowest BCUT2D eigenvalue weighted by molar-refractivity contribution is -0.275. The Morgan fingerprint density at radius 1 is 1.24 bits per heavy atom. The van der Waals surface area contributed by atoms with Gasteiger partial charge in [0.15, 0.2) is 11.5 Å². The maximum absolute atomic E-state index is 13.4. The van der Waals surface area contributed by atoms with Crippen molar-refractivity contribution in [2.75, 3.05) is 6.61 Å². The lowest BCUT2D eigenvalue weighted by atomic mass is 10.3. The monoisotopic (exact) mass is 268 g/mol. The summed E-state index contributed by atoms with van der Waals surface area (Å²) in [7, 11) is 0. The minimum Gasteiger partial charge on any atom is -0.478 e. The van der Waals surface area contributed by atoms with Gasteiger partial charge >= 0.3 is 6.36 Å². The van der Waals surface area contributed by atoms with Gasteiger partial charge in [-0.3, -0.25) is 0 Å². The highest BCUT2D eigenvalue weighted by Gasteiger charge is 2.32. The highest BCUT2D eigenvalue weighted by Crippen LogP contribution is 2.30. The first-order valence-electron chi connectivity index (χ1n) is 4.19. The van der Waals surface area contributed by atoms with E-state index in [0.717, 1.165) is 18.2 Å². The van der Waals surface area contributed by atoms with Crippen LogP contribution in [0.1, 0.15) is 0 Å². The molecule has 1 rings (SSSR count). The summed E-state index contributed by atoms with van der Waals surface area (Å²) < 4.78 is 57.3. The lowest BCUT2D eigenvalue weighted by Gasteiger charge is -2.11. The molecule has 0 unspecified atom stereocenters. The van der Waals surface area contributed by atoms with Gasteiger partial charge in [-0.15, -0.1) is 13.2 Å². The molecule has 0 aliphatic heterocycles. The van der Waals surface area contributed by atoms with Crippen molar-refractivity contribution in [2.24, 2.45) is 0 Å². The molecule has 2 nitrogen and oxygen atoms in total. The Balaban J connectivity index is 2.86. The number of hydrogen-bond donors (Lipinski definition) is 0. The first-order chi connectivity index (χ1) is 7.94. The van der Waals surface area contributed by atoms with Crippen molar-refractivity contribution >= 4 is 11.6 Å². The smallest absolute Gasteiger partial charge is 0.478 e. The van der Waals surface area contributed by atoms with Crippen LogP contribution in [0.15, 0.2) is 18.2 Å². The van der Waals surface area contributed by atoms with E-state index in [2.05, 4.69) is 10.7 Å². The lowest BCUT2D eigenvalue weighted by Crippen LogP contribution is -2.18. The van der Waals surface area contributed by atoms with Crippen molar-refractivity contribution in [1.82, 2.24) is 0 Å². The molecule has 92 valence electrons. The minimum absolute atomic E-state index is 0.240. The first-order valence-corrected chi connectivity index (χ1v) is 4.57. The van der Waals surface area contributed by atoms with Crippen molar-refractivity contribution < 1.29 is 27.0 Å². The van der Waals surface area contributed by atoms with Crippen LogP contribution in [0.3, 0.4) is 0 Å². The Bertz CT molecular complexity index is 448. The van der Waals surface area contributed by atoms with E-state index in [1.807, 2.05) is 5.38 Å². The molecule has 7 heteroatoms. The molecule has 0 aliphatic carbocycles. The molecular weight excluding hydrogens is 264 g/mol. The molecule has 1 aromatic rings. The summed E-state index contributed by atoms with van der Waals surface area (Å²) >= 11 is 5.02. The normalized spacial score (nSPS) is 10.4. The number of hydrogen-bond acceptors (Lipinski definition) is 2. The fourth-order valence-electron chi connectivity index (χ4n) is 0.947. The highest BCUT2D eigenvalue weighted by atomic mass is 35.5. The number of halogens is 5. The Morgan fingerprint density at radius 3 is 2.47 bits per heavy atom. The van der Waals surface area contributed by atoms with E-state index in [1.54, 1.807) is 0 Å². The standard InChI is InChI=1S/C10H5ClF4O2/c11-5-2-6-16-7-3-1-4-8(9(7)12)17-10(13,14)15/h1,3-4H,6H2. The van der Waals surface area contributed by atoms with Crippen LogP contribution in [0, 0.1) is 17.1 Å². The molecule has 0 fully saturated rings. The number of alkyl halides is 3. The van der Waals surface area contributed by atoms with Gasteiger partial charge in [-0.1, -0.05) is 6.07 Å². The van der Waals surface area contributed by atoms with Gasteiger partial charge in [0.1, 0.15) is 6.61 Å². The van der Waals surface area contributed by atoms with Gasteiger partial charge in [0.05, 0.1) is 0 Å². The average molecular weight is 269 g/mol. The second-order valence-electron chi connectivity index (χ2n) is 2.68. The third-order valence-corrected chi connectivity index (χ3v) is 1.65. The fourth-order valence-corrected chi connectivity index (χ4v) is 1.00. The summed E-state index contributed by atoms with van der Waals surface area (Å²) in [6, 6.07) is 3.14. The molecular formula is C10H5ClF4O2. The van der Waals surface area contributed by atoms with E-state index < -0.39 is 23.7 Å². The molecule has 0 N–H and O–H groups in total. The third-order valence-electron chi connectivity index (χ3n) is 1.52. The Kier molecular flexibility index (Phi) is 4.46. The van der Waals surface area contributed by atoms with Crippen molar-refractivity contribution in [1.29, 1.82) is 0 Å². The largest absolute Gasteiger partial charge is 0.573 e. The van der Waals surface area contributed by atoms with Crippen LogP contribution < -0.4 is 9.47 Å². The number of benzene rings is 1. The maximum atomic E-state index is 13.4. The molecule has 0 radical (unpaired) electrons. The van der Waals surface area contributed by atoms with Crippen LogP contribution in [0.25, 0.3) is 0 Å². The van der Waals surface area contributed by atoms with Crippen LogP contribution in [0.5, 0.6) is 11.5 Å². The van der Waals surface area contributed by atoms with Gasteiger partial charge in [-0.2, -0.15) is 4.39 Å². The van der Waals surface area contributed by atoms with Crippen LogP contribution in [0.2, 0.25) is 0 Å². The van der Waals surface area contributed by atoms with Gasteiger partial charge in [0.2, 0.25) is 5.82 Å². The summed E-state index contributed by atoms with van der Waals surface area (Å²) in [5, 5.41) is 1.97. The molecule has 0 aliphatic rings. The number of rotatable bonds is 3. The maximum Gasteiger partial charge on any atom is 0.573 e. The molecule has 0 aromatic heterocycles.